The highest BCUT2D eigenvalue weighted by Gasteiger charge is 2.25. The summed E-state index contributed by atoms with van der Waals surface area (Å²) in [7, 11) is 0. The van der Waals surface area contributed by atoms with Crippen LogP contribution >= 0.6 is 0 Å². The highest BCUT2D eigenvalue weighted by molar-refractivity contribution is 6.10. The summed E-state index contributed by atoms with van der Waals surface area (Å²) in [6, 6.07) is 23.2. The molecule has 0 aliphatic heterocycles. The number of benzene rings is 2. The van der Waals surface area contributed by atoms with Gasteiger partial charge in [0, 0.05) is 23.5 Å². The van der Waals surface area contributed by atoms with Gasteiger partial charge < -0.3 is 11.1 Å². The fourth-order valence-electron chi connectivity index (χ4n) is 4.64. The Hall–Kier alpha value is -4.46. The number of hydrogen-bond acceptors (Lipinski definition) is 5. The second-order valence-electron chi connectivity index (χ2n) is 8.90. The minimum atomic E-state index is -0.556. The predicted octanol–water partition coefficient (Wildman–Crippen LogP) is 4.35. The van der Waals surface area contributed by atoms with Crippen molar-refractivity contribution < 1.29 is 0 Å². The van der Waals surface area contributed by atoms with E-state index in [-0.39, 0.29) is 17.4 Å². The molecule has 8 nitrogen and oxygen atoms in total. The molecular weight excluding hydrogens is 452 g/mol. The van der Waals surface area contributed by atoms with Crippen molar-refractivity contribution in [2.24, 2.45) is 4.99 Å². The van der Waals surface area contributed by atoms with Gasteiger partial charge in [-0.1, -0.05) is 61.4 Å². The number of aliphatic imine (C=N–C) groups is 1. The summed E-state index contributed by atoms with van der Waals surface area (Å²) in [5, 5.41) is 3.25. The number of nitrogen functional groups attached to an aromatic ring is 1. The molecule has 0 atom stereocenters. The van der Waals surface area contributed by atoms with Crippen LogP contribution in [0.1, 0.15) is 42.9 Å². The molecule has 0 amide bonds. The zero-order chi connectivity index (χ0) is 24.9. The SMILES string of the molecule is Nc1c(C(=NCc2ccc(-c3ccccn3)cc2)Nc2ccccc2)c(=O)[nH]c(=O)n1C1CCCC1. The van der Waals surface area contributed by atoms with Crippen LogP contribution in [0.25, 0.3) is 11.3 Å². The van der Waals surface area contributed by atoms with E-state index in [1.165, 1.54) is 4.57 Å². The van der Waals surface area contributed by atoms with Gasteiger partial charge in [0.2, 0.25) is 0 Å². The molecule has 0 spiro atoms. The molecule has 0 bridgehead atoms. The molecule has 1 aliphatic rings. The van der Waals surface area contributed by atoms with Crippen LogP contribution in [0, 0.1) is 0 Å². The van der Waals surface area contributed by atoms with Gasteiger partial charge in [0.1, 0.15) is 17.2 Å². The third kappa shape index (κ3) is 4.98. The Morgan fingerprint density at radius 2 is 1.72 bits per heavy atom. The number of H-pyrrole nitrogens is 1. The fraction of sp³-hybridized carbons (Fsp3) is 0.214. The summed E-state index contributed by atoms with van der Waals surface area (Å²) in [6.45, 7) is 0.319. The number of rotatable bonds is 6. The Morgan fingerprint density at radius 1 is 1.00 bits per heavy atom. The van der Waals surface area contributed by atoms with E-state index in [0.29, 0.717) is 12.4 Å². The molecule has 0 saturated heterocycles. The van der Waals surface area contributed by atoms with E-state index >= 15 is 0 Å². The number of nitrogens with two attached hydrogens (primary N) is 1. The number of hydrogen-bond donors (Lipinski definition) is 3. The maximum atomic E-state index is 13.0. The Morgan fingerprint density at radius 3 is 2.42 bits per heavy atom. The Kier molecular flexibility index (Phi) is 6.75. The number of anilines is 2. The van der Waals surface area contributed by atoms with Gasteiger partial charge in [-0.25, -0.2) is 4.79 Å². The van der Waals surface area contributed by atoms with Crippen LogP contribution in [0.5, 0.6) is 0 Å². The van der Waals surface area contributed by atoms with E-state index in [2.05, 4.69) is 15.3 Å². The third-order valence-corrected chi connectivity index (χ3v) is 6.48. The van der Waals surface area contributed by atoms with Crippen molar-refractivity contribution in [3.05, 3.63) is 111 Å². The molecular formula is C28H28N6O2. The van der Waals surface area contributed by atoms with Crippen LogP contribution in [0.15, 0.2) is 93.6 Å². The van der Waals surface area contributed by atoms with Crippen LogP contribution in [0.3, 0.4) is 0 Å². The van der Waals surface area contributed by atoms with E-state index in [0.717, 1.165) is 48.2 Å². The summed E-state index contributed by atoms with van der Waals surface area (Å²) < 4.78 is 1.52. The van der Waals surface area contributed by atoms with Gasteiger partial charge in [0.05, 0.1) is 12.2 Å². The van der Waals surface area contributed by atoms with E-state index in [1.54, 1.807) is 6.20 Å². The summed E-state index contributed by atoms with van der Waals surface area (Å²) >= 11 is 0. The maximum Gasteiger partial charge on any atom is 0.330 e. The third-order valence-electron chi connectivity index (χ3n) is 6.48. The lowest BCUT2D eigenvalue weighted by Gasteiger charge is -2.19. The average Bonchev–Trinajstić information content (AvgIpc) is 3.43. The van der Waals surface area contributed by atoms with Crippen molar-refractivity contribution in [2.75, 3.05) is 11.1 Å². The molecule has 1 saturated carbocycles. The van der Waals surface area contributed by atoms with E-state index in [9.17, 15) is 9.59 Å². The molecule has 2 aromatic carbocycles. The summed E-state index contributed by atoms with van der Waals surface area (Å²) in [4.78, 5) is 37.3. The Balaban J connectivity index is 1.52. The first kappa shape index (κ1) is 23.3. The monoisotopic (exact) mass is 480 g/mol. The van der Waals surface area contributed by atoms with Crippen molar-refractivity contribution >= 4 is 17.3 Å². The fourth-order valence-corrected chi connectivity index (χ4v) is 4.64. The molecule has 0 unspecified atom stereocenters. The summed E-state index contributed by atoms with van der Waals surface area (Å²) in [6.07, 6.45) is 5.54. The second kappa shape index (κ2) is 10.4. The molecule has 1 aliphatic carbocycles. The van der Waals surface area contributed by atoms with E-state index in [4.69, 9.17) is 10.7 Å². The number of pyridine rings is 1. The van der Waals surface area contributed by atoms with Gasteiger partial charge in [-0.15, -0.1) is 0 Å². The molecule has 0 radical (unpaired) electrons. The first-order valence-electron chi connectivity index (χ1n) is 12.1. The van der Waals surface area contributed by atoms with Gasteiger partial charge in [-0.3, -0.25) is 24.3 Å². The average molecular weight is 481 g/mol. The van der Waals surface area contributed by atoms with Gasteiger partial charge >= 0.3 is 5.69 Å². The molecule has 36 heavy (non-hydrogen) atoms. The zero-order valence-electron chi connectivity index (χ0n) is 19.9. The van der Waals surface area contributed by atoms with E-state index in [1.807, 2.05) is 72.8 Å². The van der Waals surface area contributed by atoms with Crippen LogP contribution in [0.4, 0.5) is 11.5 Å². The number of aromatic amines is 1. The van der Waals surface area contributed by atoms with E-state index < -0.39 is 11.2 Å². The molecule has 4 aromatic rings. The van der Waals surface area contributed by atoms with Crippen LogP contribution in [-0.2, 0) is 6.54 Å². The molecule has 1 fully saturated rings. The van der Waals surface area contributed by atoms with Crippen molar-refractivity contribution in [1.82, 2.24) is 14.5 Å². The Bertz CT molecular complexity index is 1470. The number of aromatic nitrogens is 3. The number of amidine groups is 1. The predicted molar refractivity (Wildman–Crippen MR) is 143 cm³/mol. The van der Waals surface area contributed by atoms with Crippen LogP contribution in [0.2, 0.25) is 0 Å². The van der Waals surface area contributed by atoms with Gasteiger partial charge in [0.15, 0.2) is 0 Å². The normalized spacial score (nSPS) is 14.2. The topological polar surface area (TPSA) is 118 Å². The van der Waals surface area contributed by atoms with Crippen molar-refractivity contribution in [3.8, 4) is 11.3 Å². The van der Waals surface area contributed by atoms with Crippen molar-refractivity contribution in [3.63, 3.8) is 0 Å². The molecule has 2 aromatic heterocycles. The first-order chi connectivity index (χ1) is 17.6. The standard InChI is InChI=1S/C28H28N6O2/c29-25-24(27(35)33-28(36)34(25)22-10-4-5-11-22)26(32-21-8-2-1-3-9-21)31-18-19-13-15-20(16-14-19)23-12-6-7-17-30-23/h1-3,6-9,12-17,22H,4-5,10-11,18,29H2,(H,31,32)(H,33,35,36). The highest BCUT2D eigenvalue weighted by atomic mass is 16.2. The minimum absolute atomic E-state index is 0.0229. The summed E-state index contributed by atoms with van der Waals surface area (Å²) in [5.41, 5.74) is 9.26. The maximum absolute atomic E-state index is 13.0. The molecule has 5 rings (SSSR count). The highest BCUT2D eigenvalue weighted by Crippen LogP contribution is 2.30. The molecule has 4 N–H and O–H groups in total. The van der Waals surface area contributed by atoms with Gasteiger partial charge in [0.25, 0.3) is 5.56 Å². The Labute approximate surface area is 208 Å². The van der Waals surface area contributed by atoms with Crippen molar-refractivity contribution in [1.29, 1.82) is 0 Å². The molecule has 8 heteroatoms. The number of nitrogens with zero attached hydrogens (tertiary/aromatic N) is 3. The lowest BCUT2D eigenvalue weighted by Crippen LogP contribution is -2.39. The lowest BCUT2D eigenvalue weighted by atomic mass is 10.1. The lowest BCUT2D eigenvalue weighted by molar-refractivity contribution is 0.498. The second-order valence-corrected chi connectivity index (χ2v) is 8.90. The number of nitrogens with one attached hydrogen (secondary N) is 2. The van der Waals surface area contributed by atoms with Gasteiger partial charge in [-0.2, -0.15) is 0 Å². The van der Waals surface area contributed by atoms with Gasteiger partial charge in [-0.05, 0) is 42.7 Å². The zero-order valence-corrected chi connectivity index (χ0v) is 19.9. The quantitative estimate of drug-likeness (QED) is 0.280. The first-order valence-corrected chi connectivity index (χ1v) is 12.1. The molecule has 182 valence electrons. The smallest absolute Gasteiger partial charge is 0.330 e. The van der Waals surface area contributed by atoms with Crippen LogP contribution in [-0.4, -0.2) is 20.4 Å². The molecule has 2 heterocycles. The largest absolute Gasteiger partial charge is 0.384 e. The number of para-hydroxylation sites is 1. The van der Waals surface area contributed by atoms with Crippen molar-refractivity contribution in [2.45, 2.75) is 38.3 Å². The van der Waals surface area contributed by atoms with Crippen LogP contribution < -0.4 is 22.3 Å². The summed E-state index contributed by atoms with van der Waals surface area (Å²) in [5.74, 6) is 0.462. The minimum Gasteiger partial charge on any atom is -0.384 e.